The molecule has 0 saturated carbocycles. The van der Waals surface area contributed by atoms with Crippen molar-refractivity contribution in [1.82, 2.24) is 15.0 Å². The highest BCUT2D eigenvalue weighted by atomic mass is 35.5. The molecule has 0 aliphatic rings. The average Bonchev–Trinajstić information content (AvgIpc) is 3.00. The number of nitrogens with one attached hydrogen (secondary N) is 1. The minimum Gasteiger partial charge on any atom is -0.384 e. The number of amides is 1. The number of nitrogen functional groups attached to an aromatic ring is 1. The molecular formula is C17H16ClN5O. The van der Waals surface area contributed by atoms with Gasteiger partial charge in [-0.3, -0.25) is 4.79 Å². The number of H-pyrrole nitrogens is 1. The number of carbonyl (C=O) groups excluding carboxylic acids is 1. The maximum atomic E-state index is 11.9. The number of nitrogens with two attached hydrogens (primary N) is 2. The summed E-state index contributed by atoms with van der Waals surface area (Å²) in [4.78, 5) is 23.0. The van der Waals surface area contributed by atoms with Crippen LogP contribution in [-0.2, 0) is 6.42 Å². The number of rotatable bonds is 4. The van der Waals surface area contributed by atoms with Crippen LogP contribution in [0.3, 0.4) is 0 Å². The molecule has 3 aromatic rings. The molecule has 24 heavy (non-hydrogen) atoms. The van der Waals surface area contributed by atoms with Crippen molar-refractivity contribution in [3.63, 3.8) is 0 Å². The molecule has 3 rings (SSSR count). The van der Waals surface area contributed by atoms with E-state index >= 15 is 0 Å². The first-order valence-electron chi connectivity index (χ1n) is 7.39. The summed E-state index contributed by atoms with van der Waals surface area (Å²) in [5.74, 6) is -0.214. The summed E-state index contributed by atoms with van der Waals surface area (Å²) in [7, 11) is 0. The van der Waals surface area contributed by atoms with Crippen molar-refractivity contribution in [1.29, 1.82) is 0 Å². The normalized spacial score (nSPS) is 10.8. The lowest BCUT2D eigenvalue weighted by atomic mass is 9.97. The second-order valence-electron chi connectivity index (χ2n) is 5.32. The lowest BCUT2D eigenvalue weighted by Crippen LogP contribution is -2.12. The molecule has 6 nitrogen and oxygen atoms in total. The van der Waals surface area contributed by atoms with Crippen molar-refractivity contribution in [2.24, 2.45) is 5.73 Å². The number of halogens is 1. The van der Waals surface area contributed by atoms with Crippen LogP contribution in [0.5, 0.6) is 0 Å². The fraction of sp³-hybridized carbons (Fsp3) is 0.118. The first-order valence-corrected chi connectivity index (χ1v) is 7.77. The van der Waals surface area contributed by atoms with Gasteiger partial charge >= 0.3 is 0 Å². The number of nitrogens with zero attached hydrogens (tertiary/aromatic N) is 2. The van der Waals surface area contributed by atoms with E-state index in [1.54, 1.807) is 6.07 Å². The Labute approximate surface area is 143 Å². The van der Waals surface area contributed by atoms with E-state index in [4.69, 9.17) is 23.1 Å². The van der Waals surface area contributed by atoms with Gasteiger partial charge in [-0.05, 0) is 35.7 Å². The molecule has 1 aromatic carbocycles. The molecule has 7 heteroatoms. The molecule has 0 unspecified atom stereocenters. The summed E-state index contributed by atoms with van der Waals surface area (Å²) in [6, 6.07) is 9.05. The summed E-state index contributed by atoms with van der Waals surface area (Å²) in [6.07, 6.45) is 2.16. The van der Waals surface area contributed by atoms with Gasteiger partial charge in [0.25, 0.3) is 5.91 Å². The molecule has 2 heterocycles. The molecule has 2 aromatic heterocycles. The lowest BCUT2D eigenvalue weighted by molar-refractivity contribution is 0.0997. The van der Waals surface area contributed by atoms with E-state index in [9.17, 15) is 4.79 Å². The van der Waals surface area contributed by atoms with Crippen molar-refractivity contribution in [3.05, 3.63) is 52.9 Å². The van der Waals surface area contributed by atoms with Gasteiger partial charge in [0.1, 0.15) is 17.8 Å². The number of aromatic amines is 1. The highest BCUT2D eigenvalue weighted by Gasteiger charge is 2.18. The zero-order valence-electron chi connectivity index (χ0n) is 13.0. The maximum absolute atomic E-state index is 11.9. The lowest BCUT2D eigenvalue weighted by Gasteiger charge is -2.08. The van der Waals surface area contributed by atoms with E-state index in [2.05, 4.69) is 15.0 Å². The Kier molecular flexibility index (Phi) is 4.22. The van der Waals surface area contributed by atoms with Crippen LogP contribution < -0.4 is 11.5 Å². The summed E-state index contributed by atoms with van der Waals surface area (Å²) in [5, 5.41) is 0.589. The number of hydrogen-bond acceptors (Lipinski definition) is 4. The van der Waals surface area contributed by atoms with Gasteiger partial charge in [-0.2, -0.15) is 0 Å². The number of carbonyl (C=O) groups is 1. The van der Waals surface area contributed by atoms with E-state index < -0.39 is 5.91 Å². The molecule has 0 aliphatic heterocycles. The molecule has 0 radical (unpaired) electrons. The Hall–Kier alpha value is -2.86. The molecule has 1 amide bonds. The number of aryl methyl sites for hydroxylation is 1. The molecule has 5 N–H and O–H groups in total. The number of hydrogen-bond donors (Lipinski definition) is 3. The number of anilines is 1. The van der Waals surface area contributed by atoms with Crippen LogP contribution in [0, 0.1) is 0 Å². The van der Waals surface area contributed by atoms with Gasteiger partial charge in [0.15, 0.2) is 0 Å². The Bertz CT molecular complexity index is 919. The Morgan fingerprint density at radius 2 is 2.00 bits per heavy atom. The summed E-state index contributed by atoms with van der Waals surface area (Å²) < 4.78 is 0. The van der Waals surface area contributed by atoms with Crippen molar-refractivity contribution in [2.45, 2.75) is 13.3 Å². The topological polar surface area (TPSA) is 111 Å². The molecule has 0 atom stereocenters. The molecule has 0 spiro atoms. The Morgan fingerprint density at radius 1 is 1.21 bits per heavy atom. The van der Waals surface area contributed by atoms with Gasteiger partial charge < -0.3 is 16.5 Å². The highest BCUT2D eigenvalue weighted by Crippen LogP contribution is 2.33. The fourth-order valence-corrected chi connectivity index (χ4v) is 2.80. The molecule has 122 valence electrons. The Balaban J connectivity index is 2.22. The van der Waals surface area contributed by atoms with Gasteiger partial charge in [0.05, 0.1) is 11.4 Å². The fourth-order valence-electron chi connectivity index (χ4n) is 2.63. The van der Waals surface area contributed by atoms with Crippen molar-refractivity contribution < 1.29 is 4.79 Å². The van der Waals surface area contributed by atoms with E-state index in [0.717, 1.165) is 17.5 Å². The van der Waals surface area contributed by atoms with E-state index in [-0.39, 0.29) is 0 Å². The predicted octanol–water partition coefficient (Wildman–Crippen LogP) is 3.04. The largest absolute Gasteiger partial charge is 0.384 e. The monoisotopic (exact) mass is 341 g/mol. The molecule has 0 bridgehead atoms. The van der Waals surface area contributed by atoms with Crippen LogP contribution in [0.25, 0.3) is 22.5 Å². The maximum Gasteiger partial charge on any atom is 0.265 e. The van der Waals surface area contributed by atoms with Gasteiger partial charge in [-0.25, -0.2) is 9.97 Å². The van der Waals surface area contributed by atoms with Crippen LogP contribution in [0.4, 0.5) is 5.82 Å². The van der Waals surface area contributed by atoms with Crippen molar-refractivity contribution in [2.75, 3.05) is 5.73 Å². The number of aromatic nitrogens is 3. The van der Waals surface area contributed by atoms with Gasteiger partial charge in [0, 0.05) is 16.7 Å². The molecular weight excluding hydrogens is 326 g/mol. The van der Waals surface area contributed by atoms with E-state index in [1.807, 2.05) is 31.2 Å². The zero-order chi connectivity index (χ0) is 17.3. The SMILES string of the molecule is CCc1ccc(Cl)cc1-c1cc(-c2cc(N)ncn2)[nH]c1C(N)=O. The quantitative estimate of drug-likeness (QED) is 0.677. The van der Waals surface area contributed by atoms with Gasteiger partial charge in [0.2, 0.25) is 0 Å². The van der Waals surface area contributed by atoms with Crippen molar-refractivity contribution in [3.8, 4) is 22.5 Å². The summed E-state index contributed by atoms with van der Waals surface area (Å²) in [5.41, 5.74) is 15.4. The third-order valence-corrected chi connectivity index (χ3v) is 4.01. The minimum absolute atomic E-state index is 0.305. The van der Waals surface area contributed by atoms with Crippen molar-refractivity contribution >= 4 is 23.3 Å². The van der Waals surface area contributed by atoms with E-state index in [1.165, 1.54) is 6.33 Å². The standard InChI is InChI=1S/C17H16ClN5O/c1-2-9-3-4-10(18)5-11(9)12-6-14(23-16(12)17(20)24)13-7-15(19)22-8-21-13/h3-8,23H,2H2,1H3,(H2,20,24)(H2,19,21,22). The smallest absolute Gasteiger partial charge is 0.265 e. The molecule has 0 fully saturated rings. The van der Waals surface area contributed by atoms with E-state index in [0.29, 0.717) is 33.5 Å². The zero-order valence-corrected chi connectivity index (χ0v) is 13.8. The molecule has 0 saturated heterocycles. The third kappa shape index (κ3) is 2.96. The van der Waals surface area contributed by atoms with Crippen LogP contribution in [0.1, 0.15) is 23.0 Å². The van der Waals surface area contributed by atoms with Gasteiger partial charge in [-0.1, -0.05) is 24.6 Å². The average molecular weight is 342 g/mol. The summed E-state index contributed by atoms with van der Waals surface area (Å²) in [6.45, 7) is 2.04. The number of benzene rings is 1. The van der Waals surface area contributed by atoms with Crippen LogP contribution >= 0.6 is 11.6 Å². The summed E-state index contributed by atoms with van der Waals surface area (Å²) >= 11 is 6.14. The second kappa shape index (κ2) is 6.33. The second-order valence-corrected chi connectivity index (χ2v) is 5.76. The predicted molar refractivity (Wildman–Crippen MR) is 94.6 cm³/mol. The first kappa shape index (κ1) is 16.0. The molecule has 0 aliphatic carbocycles. The highest BCUT2D eigenvalue weighted by molar-refractivity contribution is 6.31. The minimum atomic E-state index is -0.555. The number of primary amides is 1. The van der Waals surface area contributed by atoms with Gasteiger partial charge in [-0.15, -0.1) is 0 Å². The van der Waals surface area contributed by atoms with Crippen LogP contribution in [-0.4, -0.2) is 20.9 Å². The Morgan fingerprint density at radius 3 is 2.67 bits per heavy atom. The first-order chi connectivity index (χ1) is 11.5. The third-order valence-electron chi connectivity index (χ3n) is 3.77. The van der Waals surface area contributed by atoms with Crippen LogP contribution in [0.2, 0.25) is 5.02 Å². The van der Waals surface area contributed by atoms with Crippen LogP contribution in [0.15, 0.2) is 36.7 Å².